The van der Waals surface area contributed by atoms with Gasteiger partial charge in [-0.05, 0) is 18.1 Å². The van der Waals surface area contributed by atoms with E-state index in [2.05, 4.69) is 0 Å². The first kappa shape index (κ1) is 12.2. The van der Waals surface area contributed by atoms with Gasteiger partial charge in [0.05, 0.1) is 10.6 Å². The summed E-state index contributed by atoms with van der Waals surface area (Å²) in [5.74, 6) is -3.04. The Morgan fingerprint density at radius 2 is 1.80 bits per heavy atom. The van der Waals surface area contributed by atoms with E-state index in [0.717, 1.165) is 0 Å². The molecule has 84 valence electrons. The second kappa shape index (κ2) is 3.96. The van der Waals surface area contributed by atoms with Gasteiger partial charge in [0.2, 0.25) is 0 Å². The molecule has 1 aromatic rings. The summed E-state index contributed by atoms with van der Waals surface area (Å²) in [7, 11) is 0. The van der Waals surface area contributed by atoms with Crippen molar-refractivity contribution in [1.29, 1.82) is 0 Å². The van der Waals surface area contributed by atoms with Crippen molar-refractivity contribution in [3.05, 3.63) is 33.9 Å². The summed E-state index contributed by atoms with van der Waals surface area (Å²) in [6.45, 7) is 1.38. The number of hydrogen-bond donors (Lipinski definition) is 0. The van der Waals surface area contributed by atoms with Crippen molar-refractivity contribution in [3.63, 3.8) is 0 Å². The third-order valence-corrected chi connectivity index (χ3v) is 2.32. The molecule has 0 spiro atoms. The van der Waals surface area contributed by atoms with Gasteiger partial charge in [0.15, 0.2) is 11.6 Å². The summed E-state index contributed by atoms with van der Waals surface area (Å²) < 4.78 is 62.7. The van der Waals surface area contributed by atoms with Gasteiger partial charge in [-0.2, -0.15) is 13.2 Å². The summed E-state index contributed by atoms with van der Waals surface area (Å²) in [6.07, 6.45) is -4.85. The Hall–Kier alpha value is -0.840. The van der Waals surface area contributed by atoms with Crippen molar-refractivity contribution in [3.8, 4) is 0 Å². The van der Waals surface area contributed by atoms with Gasteiger partial charge in [-0.25, -0.2) is 8.78 Å². The number of alkyl halides is 3. The highest BCUT2D eigenvalue weighted by Gasteiger charge is 2.35. The summed E-state index contributed by atoms with van der Waals surface area (Å²) >= 11 is 5.29. The normalized spacial score (nSPS) is 11.9. The zero-order chi connectivity index (χ0) is 11.8. The molecule has 0 atom stereocenters. The maximum absolute atomic E-state index is 12.9. The topological polar surface area (TPSA) is 0 Å². The van der Waals surface area contributed by atoms with E-state index in [1.165, 1.54) is 6.92 Å². The van der Waals surface area contributed by atoms with E-state index in [1.54, 1.807) is 0 Å². The molecule has 0 saturated carbocycles. The van der Waals surface area contributed by atoms with E-state index in [0.29, 0.717) is 0 Å². The lowest BCUT2D eigenvalue weighted by molar-refractivity contribution is -0.138. The van der Waals surface area contributed by atoms with Crippen molar-refractivity contribution in [2.75, 3.05) is 0 Å². The number of halogens is 6. The first-order chi connectivity index (χ1) is 6.79. The first-order valence-electron chi connectivity index (χ1n) is 4.02. The van der Waals surface area contributed by atoms with Crippen LogP contribution in [0, 0.1) is 11.6 Å². The highest BCUT2D eigenvalue weighted by molar-refractivity contribution is 6.31. The van der Waals surface area contributed by atoms with E-state index < -0.39 is 34.0 Å². The second-order valence-electron chi connectivity index (χ2n) is 2.86. The molecule has 0 nitrogen and oxygen atoms in total. The van der Waals surface area contributed by atoms with Crippen LogP contribution in [0.5, 0.6) is 0 Å². The average Bonchev–Trinajstić information content (AvgIpc) is 2.12. The van der Waals surface area contributed by atoms with Gasteiger partial charge in [-0.15, -0.1) is 0 Å². The second-order valence-corrected chi connectivity index (χ2v) is 3.24. The molecule has 1 aromatic carbocycles. The van der Waals surface area contributed by atoms with Gasteiger partial charge in [-0.3, -0.25) is 0 Å². The molecule has 0 radical (unpaired) electrons. The fourth-order valence-corrected chi connectivity index (χ4v) is 1.56. The summed E-state index contributed by atoms with van der Waals surface area (Å²) in [5.41, 5.74) is -1.66. The Morgan fingerprint density at radius 3 is 2.20 bits per heavy atom. The summed E-state index contributed by atoms with van der Waals surface area (Å²) in [5, 5.41) is -0.801. The molecule has 6 heteroatoms. The quantitative estimate of drug-likeness (QED) is 0.513. The molecule has 0 aliphatic rings. The molecule has 1 rings (SSSR count). The Balaban J connectivity index is 3.53. The van der Waals surface area contributed by atoms with E-state index in [-0.39, 0.29) is 12.5 Å². The molecular weight excluding hydrogens is 239 g/mol. The molecule has 0 amide bonds. The van der Waals surface area contributed by atoms with Crippen molar-refractivity contribution in [1.82, 2.24) is 0 Å². The van der Waals surface area contributed by atoms with Crippen LogP contribution in [0.3, 0.4) is 0 Å². The lowest BCUT2D eigenvalue weighted by Gasteiger charge is -2.13. The predicted octanol–water partition coefficient (Wildman–Crippen LogP) is 4.20. The molecule has 0 fully saturated rings. The van der Waals surface area contributed by atoms with Crippen LogP contribution in [-0.2, 0) is 12.6 Å². The van der Waals surface area contributed by atoms with E-state index >= 15 is 0 Å². The van der Waals surface area contributed by atoms with Crippen LogP contribution in [0.25, 0.3) is 0 Å². The van der Waals surface area contributed by atoms with Crippen LogP contribution in [-0.4, -0.2) is 0 Å². The van der Waals surface area contributed by atoms with Crippen LogP contribution in [0.15, 0.2) is 6.07 Å². The van der Waals surface area contributed by atoms with Crippen LogP contribution in [0.4, 0.5) is 22.0 Å². The third-order valence-electron chi connectivity index (χ3n) is 1.92. The minimum absolute atomic E-state index is 0.120. The number of hydrogen-bond acceptors (Lipinski definition) is 0. The summed E-state index contributed by atoms with van der Waals surface area (Å²) in [6, 6.07) is 0.125. The monoisotopic (exact) mass is 244 g/mol. The van der Waals surface area contributed by atoms with E-state index in [9.17, 15) is 22.0 Å². The maximum Gasteiger partial charge on any atom is 0.416 e. The Morgan fingerprint density at radius 1 is 1.27 bits per heavy atom. The Kier molecular flexibility index (Phi) is 3.23. The minimum Gasteiger partial charge on any atom is -0.204 e. The molecule has 0 saturated heterocycles. The lowest BCUT2D eigenvalue weighted by Crippen LogP contribution is -2.11. The predicted molar refractivity (Wildman–Crippen MR) is 45.7 cm³/mol. The summed E-state index contributed by atoms with van der Waals surface area (Å²) in [4.78, 5) is 0. The highest BCUT2D eigenvalue weighted by Crippen LogP contribution is 2.37. The zero-order valence-electron chi connectivity index (χ0n) is 7.55. The standard InChI is InChI=1S/C9H6ClF5/c1-2-4-5(9(13,14)15)3-6(11)8(12)7(4)10/h3H,2H2,1H3. The van der Waals surface area contributed by atoms with Gasteiger partial charge in [0.25, 0.3) is 0 Å². The van der Waals surface area contributed by atoms with Gasteiger partial charge in [0.1, 0.15) is 0 Å². The van der Waals surface area contributed by atoms with Crippen LogP contribution in [0.2, 0.25) is 5.02 Å². The molecule has 0 unspecified atom stereocenters. The zero-order valence-corrected chi connectivity index (χ0v) is 8.31. The van der Waals surface area contributed by atoms with Crippen molar-refractivity contribution in [2.24, 2.45) is 0 Å². The molecule has 0 bridgehead atoms. The van der Waals surface area contributed by atoms with Crippen molar-refractivity contribution >= 4 is 11.6 Å². The molecule has 0 aliphatic carbocycles. The van der Waals surface area contributed by atoms with Gasteiger partial charge < -0.3 is 0 Å². The SMILES string of the molecule is CCc1c(C(F)(F)F)cc(F)c(F)c1Cl. The maximum atomic E-state index is 12.9. The van der Waals surface area contributed by atoms with Crippen LogP contribution >= 0.6 is 11.6 Å². The lowest BCUT2D eigenvalue weighted by atomic mass is 10.0. The average molecular weight is 245 g/mol. The number of rotatable bonds is 1. The van der Waals surface area contributed by atoms with E-state index in [4.69, 9.17) is 11.6 Å². The first-order valence-corrected chi connectivity index (χ1v) is 4.40. The molecular formula is C9H6ClF5. The van der Waals surface area contributed by atoms with Gasteiger partial charge >= 0.3 is 6.18 Å². The smallest absolute Gasteiger partial charge is 0.204 e. The third kappa shape index (κ3) is 2.22. The van der Waals surface area contributed by atoms with Crippen LogP contribution < -0.4 is 0 Å². The Bertz CT molecular complexity index is 383. The highest BCUT2D eigenvalue weighted by atomic mass is 35.5. The van der Waals surface area contributed by atoms with Gasteiger partial charge in [-0.1, -0.05) is 18.5 Å². The van der Waals surface area contributed by atoms with Gasteiger partial charge in [0, 0.05) is 0 Å². The van der Waals surface area contributed by atoms with Crippen LogP contribution in [0.1, 0.15) is 18.1 Å². The fraction of sp³-hybridized carbons (Fsp3) is 0.333. The molecule has 0 aromatic heterocycles. The molecule has 0 aliphatic heterocycles. The molecule has 15 heavy (non-hydrogen) atoms. The van der Waals surface area contributed by atoms with Crippen molar-refractivity contribution < 1.29 is 22.0 Å². The van der Waals surface area contributed by atoms with Crippen molar-refractivity contribution in [2.45, 2.75) is 19.5 Å². The molecule has 0 heterocycles. The largest absolute Gasteiger partial charge is 0.416 e. The Labute approximate surface area is 87.7 Å². The minimum atomic E-state index is -4.73. The number of benzene rings is 1. The van der Waals surface area contributed by atoms with E-state index in [1.807, 2.05) is 0 Å². The molecule has 0 N–H and O–H groups in total. The fourth-order valence-electron chi connectivity index (χ4n) is 1.23.